The number of halogens is 3. The van der Waals surface area contributed by atoms with Gasteiger partial charge < -0.3 is 10.0 Å². The topological polar surface area (TPSA) is 69.2 Å². The Bertz CT molecular complexity index is 337. The highest BCUT2D eigenvalue weighted by Crippen LogP contribution is 2.17. The molecule has 0 unspecified atom stereocenters. The van der Waals surface area contributed by atoms with Crippen LogP contribution in [0.25, 0.3) is 0 Å². The summed E-state index contributed by atoms with van der Waals surface area (Å²) in [6, 6.07) is 0. The van der Waals surface area contributed by atoms with Crippen molar-refractivity contribution in [3.8, 4) is 0 Å². The molecular formula is C8H10F3N3O2. The minimum Gasteiger partial charge on any atom is -0.395 e. The van der Waals surface area contributed by atoms with Gasteiger partial charge in [-0.1, -0.05) is 0 Å². The zero-order chi connectivity index (χ0) is 12.2. The van der Waals surface area contributed by atoms with Gasteiger partial charge in [-0.15, -0.1) is 0 Å². The van der Waals surface area contributed by atoms with Crippen LogP contribution in [0, 0.1) is 0 Å². The lowest BCUT2D eigenvalue weighted by atomic mass is 10.3. The van der Waals surface area contributed by atoms with Crippen LogP contribution in [0.5, 0.6) is 0 Å². The van der Waals surface area contributed by atoms with Crippen molar-refractivity contribution < 1.29 is 23.1 Å². The second-order valence-electron chi connectivity index (χ2n) is 3.05. The highest BCUT2D eigenvalue weighted by Gasteiger charge is 2.33. The van der Waals surface area contributed by atoms with Gasteiger partial charge in [-0.2, -0.15) is 18.3 Å². The molecular weight excluding hydrogens is 227 g/mol. The normalized spacial score (nSPS) is 11.5. The van der Waals surface area contributed by atoms with E-state index in [1.807, 2.05) is 0 Å². The third kappa shape index (κ3) is 3.54. The molecule has 0 atom stereocenters. The Kier molecular flexibility index (Phi) is 3.88. The van der Waals surface area contributed by atoms with Gasteiger partial charge in [0, 0.05) is 12.7 Å². The molecule has 90 valence electrons. The number of carbonyl (C=O) groups excluding carboxylic acids is 1. The summed E-state index contributed by atoms with van der Waals surface area (Å²) in [5.74, 6) is -0.819. The van der Waals surface area contributed by atoms with E-state index in [1.165, 1.54) is 6.20 Å². The number of H-pyrrole nitrogens is 1. The summed E-state index contributed by atoms with van der Waals surface area (Å²) in [6.45, 7) is -2.29. The van der Waals surface area contributed by atoms with Crippen molar-refractivity contribution in [2.45, 2.75) is 6.18 Å². The Morgan fingerprint density at radius 3 is 2.69 bits per heavy atom. The van der Waals surface area contributed by atoms with Crippen molar-refractivity contribution in [1.29, 1.82) is 0 Å². The number of alkyl halides is 3. The predicted molar refractivity (Wildman–Crippen MR) is 47.6 cm³/mol. The molecule has 0 saturated carbocycles. The molecule has 0 aliphatic rings. The standard InChI is InChI=1S/C8H10F3N3O2/c9-8(10,11)5-14(1-2-15)7(16)6-3-12-13-4-6/h3-4,15H,1-2,5H2,(H,12,13). The average molecular weight is 237 g/mol. The number of amides is 1. The summed E-state index contributed by atoms with van der Waals surface area (Å²) in [5, 5.41) is 14.4. The van der Waals surface area contributed by atoms with Crippen LogP contribution in [-0.4, -0.2) is 52.0 Å². The molecule has 5 nitrogen and oxygen atoms in total. The first-order valence-corrected chi connectivity index (χ1v) is 4.39. The number of aromatic nitrogens is 2. The summed E-state index contributed by atoms with van der Waals surface area (Å²) in [6.07, 6.45) is -2.17. The lowest BCUT2D eigenvalue weighted by Gasteiger charge is -2.22. The molecule has 0 aromatic carbocycles. The van der Waals surface area contributed by atoms with E-state index in [1.54, 1.807) is 0 Å². The lowest BCUT2D eigenvalue weighted by molar-refractivity contribution is -0.141. The summed E-state index contributed by atoms with van der Waals surface area (Å²) in [5.41, 5.74) is 0.0256. The van der Waals surface area contributed by atoms with Gasteiger partial charge in [-0.05, 0) is 0 Å². The van der Waals surface area contributed by atoms with E-state index in [0.29, 0.717) is 4.90 Å². The van der Waals surface area contributed by atoms with Gasteiger partial charge in [0.15, 0.2) is 0 Å². The van der Waals surface area contributed by atoms with Crippen molar-refractivity contribution >= 4 is 5.91 Å². The van der Waals surface area contributed by atoms with E-state index < -0.39 is 25.2 Å². The largest absolute Gasteiger partial charge is 0.406 e. The molecule has 1 heterocycles. The Morgan fingerprint density at radius 2 is 2.25 bits per heavy atom. The first-order chi connectivity index (χ1) is 7.44. The number of aromatic amines is 1. The highest BCUT2D eigenvalue weighted by atomic mass is 19.4. The van der Waals surface area contributed by atoms with Crippen LogP contribution in [0.1, 0.15) is 10.4 Å². The molecule has 8 heteroatoms. The maximum absolute atomic E-state index is 12.1. The third-order valence-electron chi connectivity index (χ3n) is 1.77. The number of rotatable bonds is 4. The number of aliphatic hydroxyl groups excluding tert-OH is 1. The van der Waals surface area contributed by atoms with Crippen LogP contribution in [0.15, 0.2) is 12.4 Å². The number of aliphatic hydroxyl groups is 1. The quantitative estimate of drug-likeness (QED) is 0.796. The molecule has 0 aliphatic heterocycles. The van der Waals surface area contributed by atoms with E-state index in [2.05, 4.69) is 10.2 Å². The van der Waals surface area contributed by atoms with Gasteiger partial charge >= 0.3 is 6.18 Å². The van der Waals surface area contributed by atoms with Crippen molar-refractivity contribution in [3.05, 3.63) is 18.0 Å². The Morgan fingerprint density at radius 1 is 1.56 bits per heavy atom. The molecule has 1 aromatic heterocycles. The van der Waals surface area contributed by atoms with Gasteiger partial charge in [-0.3, -0.25) is 9.89 Å². The highest BCUT2D eigenvalue weighted by molar-refractivity contribution is 5.93. The first kappa shape index (κ1) is 12.5. The smallest absolute Gasteiger partial charge is 0.395 e. The van der Waals surface area contributed by atoms with E-state index in [4.69, 9.17) is 5.11 Å². The molecule has 0 bridgehead atoms. The SMILES string of the molecule is O=C(c1cn[nH]c1)N(CCO)CC(F)(F)F. The Hall–Kier alpha value is -1.57. The zero-order valence-corrected chi connectivity index (χ0v) is 8.16. The minimum absolute atomic E-state index is 0.0256. The monoisotopic (exact) mass is 237 g/mol. The van der Waals surface area contributed by atoms with Gasteiger partial charge in [0.25, 0.3) is 5.91 Å². The first-order valence-electron chi connectivity index (χ1n) is 4.39. The fourth-order valence-electron chi connectivity index (χ4n) is 1.14. The van der Waals surface area contributed by atoms with Gasteiger partial charge in [-0.25, -0.2) is 0 Å². The van der Waals surface area contributed by atoms with Gasteiger partial charge in [0.05, 0.1) is 18.4 Å². The number of carbonyl (C=O) groups is 1. The van der Waals surface area contributed by atoms with E-state index in [-0.39, 0.29) is 12.1 Å². The fourth-order valence-corrected chi connectivity index (χ4v) is 1.14. The molecule has 0 aliphatic carbocycles. The van der Waals surface area contributed by atoms with Crippen LogP contribution in [-0.2, 0) is 0 Å². The fraction of sp³-hybridized carbons (Fsp3) is 0.500. The van der Waals surface area contributed by atoms with Crippen molar-refractivity contribution in [2.75, 3.05) is 19.7 Å². The third-order valence-corrected chi connectivity index (χ3v) is 1.77. The van der Waals surface area contributed by atoms with E-state index in [9.17, 15) is 18.0 Å². The second kappa shape index (κ2) is 4.97. The number of nitrogens with one attached hydrogen (secondary N) is 1. The Balaban J connectivity index is 2.74. The summed E-state index contributed by atoms with van der Waals surface area (Å²) >= 11 is 0. The molecule has 0 radical (unpaired) electrons. The summed E-state index contributed by atoms with van der Waals surface area (Å²) in [4.78, 5) is 12.0. The van der Waals surface area contributed by atoms with Crippen LogP contribution in [0.4, 0.5) is 13.2 Å². The lowest BCUT2D eigenvalue weighted by Crippen LogP contribution is -2.40. The molecule has 1 rings (SSSR count). The van der Waals surface area contributed by atoms with Crippen LogP contribution in [0.2, 0.25) is 0 Å². The summed E-state index contributed by atoms with van der Waals surface area (Å²) in [7, 11) is 0. The van der Waals surface area contributed by atoms with Gasteiger partial charge in [0.2, 0.25) is 0 Å². The average Bonchev–Trinajstić information content (AvgIpc) is 2.66. The van der Waals surface area contributed by atoms with Crippen molar-refractivity contribution in [1.82, 2.24) is 15.1 Å². The number of hydrogen-bond acceptors (Lipinski definition) is 3. The number of hydrogen-bond donors (Lipinski definition) is 2. The molecule has 0 saturated heterocycles. The van der Waals surface area contributed by atoms with Crippen molar-refractivity contribution in [2.24, 2.45) is 0 Å². The summed E-state index contributed by atoms with van der Waals surface area (Å²) < 4.78 is 36.4. The minimum atomic E-state index is -4.49. The molecule has 16 heavy (non-hydrogen) atoms. The zero-order valence-electron chi connectivity index (χ0n) is 8.16. The molecule has 0 fully saturated rings. The maximum Gasteiger partial charge on any atom is 0.406 e. The molecule has 1 aromatic rings. The maximum atomic E-state index is 12.1. The van der Waals surface area contributed by atoms with Crippen LogP contribution >= 0.6 is 0 Å². The van der Waals surface area contributed by atoms with E-state index in [0.717, 1.165) is 6.20 Å². The number of nitrogens with zero attached hydrogens (tertiary/aromatic N) is 2. The van der Waals surface area contributed by atoms with Crippen molar-refractivity contribution in [3.63, 3.8) is 0 Å². The van der Waals surface area contributed by atoms with Crippen LogP contribution < -0.4 is 0 Å². The Labute approximate surface area is 88.9 Å². The second-order valence-corrected chi connectivity index (χ2v) is 3.05. The molecule has 1 amide bonds. The predicted octanol–water partition coefficient (Wildman–Crippen LogP) is 0.407. The van der Waals surface area contributed by atoms with E-state index >= 15 is 0 Å². The molecule has 2 N–H and O–H groups in total. The molecule has 0 spiro atoms. The van der Waals surface area contributed by atoms with Crippen LogP contribution in [0.3, 0.4) is 0 Å². The van der Waals surface area contributed by atoms with Gasteiger partial charge in [0.1, 0.15) is 6.54 Å².